The second-order valence-corrected chi connectivity index (χ2v) is 5.19. The van der Waals surface area contributed by atoms with Gasteiger partial charge in [0.2, 0.25) is 0 Å². The van der Waals surface area contributed by atoms with Gasteiger partial charge in [0.25, 0.3) is 0 Å². The number of hydrogen-bond donors (Lipinski definition) is 2. The van der Waals surface area contributed by atoms with Gasteiger partial charge in [0.1, 0.15) is 11.6 Å². The first-order valence-corrected chi connectivity index (χ1v) is 6.80. The summed E-state index contributed by atoms with van der Waals surface area (Å²) in [4.78, 5) is 0. The minimum atomic E-state index is -0.171. The third kappa shape index (κ3) is 2.92. The quantitative estimate of drug-likeness (QED) is 0.883. The van der Waals surface area contributed by atoms with Gasteiger partial charge in [-0.1, -0.05) is 32.0 Å². The summed E-state index contributed by atoms with van der Waals surface area (Å²) in [6.45, 7) is 4.73. The summed E-state index contributed by atoms with van der Waals surface area (Å²) >= 11 is 0. The van der Waals surface area contributed by atoms with Gasteiger partial charge in [-0.2, -0.15) is 5.10 Å². The average Bonchev–Trinajstić information content (AvgIpc) is 2.68. The van der Waals surface area contributed by atoms with Crippen LogP contribution in [0.1, 0.15) is 31.0 Å². The van der Waals surface area contributed by atoms with Gasteiger partial charge >= 0.3 is 0 Å². The number of nitrogens with one attached hydrogen (secondary N) is 1. The highest BCUT2D eigenvalue weighted by Gasteiger charge is 2.15. The van der Waals surface area contributed by atoms with E-state index in [1.54, 1.807) is 16.8 Å². The Balaban J connectivity index is 2.03. The molecular formula is C15H21FN4. The van der Waals surface area contributed by atoms with Crippen molar-refractivity contribution in [3.63, 3.8) is 0 Å². The van der Waals surface area contributed by atoms with Crippen LogP contribution in [0.3, 0.4) is 0 Å². The van der Waals surface area contributed by atoms with Crippen molar-refractivity contribution in [3.8, 4) is 0 Å². The van der Waals surface area contributed by atoms with Crippen molar-refractivity contribution in [2.45, 2.75) is 26.2 Å². The number of aryl methyl sites for hydroxylation is 1. The maximum Gasteiger partial charge on any atom is 0.147 e. The molecule has 0 radical (unpaired) electrons. The van der Waals surface area contributed by atoms with Crippen LogP contribution in [0.2, 0.25) is 0 Å². The molecule has 4 nitrogen and oxygen atoms in total. The van der Waals surface area contributed by atoms with E-state index in [0.717, 1.165) is 11.5 Å². The lowest BCUT2D eigenvalue weighted by Crippen LogP contribution is -2.10. The van der Waals surface area contributed by atoms with Crippen molar-refractivity contribution < 1.29 is 4.39 Å². The highest BCUT2D eigenvalue weighted by atomic mass is 19.1. The maximum atomic E-state index is 13.5. The van der Waals surface area contributed by atoms with Crippen molar-refractivity contribution in [2.75, 3.05) is 17.6 Å². The molecule has 0 unspecified atom stereocenters. The molecule has 1 aromatic carbocycles. The molecule has 0 atom stereocenters. The van der Waals surface area contributed by atoms with Crippen molar-refractivity contribution in [2.24, 2.45) is 7.05 Å². The van der Waals surface area contributed by atoms with E-state index in [2.05, 4.69) is 24.3 Å². The lowest BCUT2D eigenvalue weighted by atomic mass is 10.1. The summed E-state index contributed by atoms with van der Waals surface area (Å²) < 4.78 is 15.3. The number of rotatable bonds is 5. The Bertz CT molecular complexity index is 590. The number of hydrogen-bond acceptors (Lipinski definition) is 3. The molecule has 0 saturated carbocycles. The summed E-state index contributed by atoms with van der Waals surface area (Å²) in [7, 11) is 1.85. The van der Waals surface area contributed by atoms with Crippen LogP contribution in [-0.2, 0) is 13.5 Å². The lowest BCUT2D eigenvalue weighted by Gasteiger charge is -2.08. The van der Waals surface area contributed by atoms with Gasteiger partial charge in [0.15, 0.2) is 0 Å². The number of aromatic nitrogens is 2. The summed E-state index contributed by atoms with van der Waals surface area (Å²) in [5.74, 6) is 0.906. The number of halogens is 1. The van der Waals surface area contributed by atoms with Crippen LogP contribution in [0.25, 0.3) is 0 Å². The highest BCUT2D eigenvalue weighted by Crippen LogP contribution is 2.27. The molecule has 0 bridgehead atoms. The average molecular weight is 276 g/mol. The van der Waals surface area contributed by atoms with E-state index in [0.29, 0.717) is 24.2 Å². The molecule has 5 heteroatoms. The van der Waals surface area contributed by atoms with Gasteiger partial charge < -0.3 is 11.1 Å². The minimum Gasteiger partial charge on any atom is -0.394 e. The lowest BCUT2D eigenvalue weighted by molar-refractivity contribution is 0.610. The Hall–Kier alpha value is -2.04. The Morgan fingerprint density at radius 2 is 2.05 bits per heavy atom. The topological polar surface area (TPSA) is 55.9 Å². The van der Waals surface area contributed by atoms with E-state index < -0.39 is 0 Å². The van der Waals surface area contributed by atoms with Crippen LogP contribution in [-0.4, -0.2) is 16.3 Å². The molecule has 0 fully saturated rings. The molecule has 1 heterocycles. The standard InChI is InChI=1S/C15H21FN4/c1-10(2)14-13(17)15(20(3)19-14)18-9-8-11-6-4-5-7-12(11)16/h4-7,10,18H,8-9,17H2,1-3H3. The first-order chi connectivity index (χ1) is 9.50. The van der Waals surface area contributed by atoms with Crippen LogP contribution in [0.15, 0.2) is 24.3 Å². The van der Waals surface area contributed by atoms with Crippen molar-refractivity contribution in [1.82, 2.24) is 9.78 Å². The van der Waals surface area contributed by atoms with Crippen LogP contribution in [0.5, 0.6) is 0 Å². The second kappa shape index (κ2) is 5.94. The summed E-state index contributed by atoms with van der Waals surface area (Å²) in [5.41, 5.74) is 8.36. The molecule has 108 valence electrons. The number of nitrogens with two attached hydrogens (primary N) is 1. The van der Waals surface area contributed by atoms with Gasteiger partial charge in [0.05, 0.1) is 11.4 Å². The summed E-state index contributed by atoms with van der Waals surface area (Å²) in [5, 5.41) is 7.65. The number of nitrogen functional groups attached to an aromatic ring is 1. The van der Waals surface area contributed by atoms with Gasteiger partial charge in [-0.15, -0.1) is 0 Å². The molecule has 2 rings (SSSR count). The van der Waals surface area contributed by atoms with E-state index >= 15 is 0 Å². The maximum absolute atomic E-state index is 13.5. The first kappa shape index (κ1) is 14.4. The molecule has 3 N–H and O–H groups in total. The molecule has 1 aromatic heterocycles. The number of anilines is 2. The second-order valence-electron chi connectivity index (χ2n) is 5.19. The fourth-order valence-electron chi connectivity index (χ4n) is 2.21. The first-order valence-electron chi connectivity index (χ1n) is 6.80. The molecule has 2 aromatic rings. The zero-order chi connectivity index (χ0) is 14.7. The fourth-order valence-corrected chi connectivity index (χ4v) is 2.21. The van der Waals surface area contributed by atoms with Gasteiger partial charge in [0, 0.05) is 13.6 Å². The summed E-state index contributed by atoms with van der Waals surface area (Å²) in [6, 6.07) is 6.81. The van der Waals surface area contributed by atoms with E-state index in [-0.39, 0.29) is 11.7 Å². The number of benzene rings is 1. The highest BCUT2D eigenvalue weighted by molar-refractivity contribution is 5.65. The largest absolute Gasteiger partial charge is 0.394 e. The Morgan fingerprint density at radius 3 is 2.65 bits per heavy atom. The normalized spacial score (nSPS) is 11.1. The summed E-state index contributed by atoms with van der Waals surface area (Å²) in [6.07, 6.45) is 0.605. The fraction of sp³-hybridized carbons (Fsp3) is 0.400. The van der Waals surface area contributed by atoms with Crippen LogP contribution >= 0.6 is 0 Å². The Kier molecular flexibility index (Phi) is 4.27. The Morgan fingerprint density at radius 1 is 1.35 bits per heavy atom. The van der Waals surface area contributed by atoms with Gasteiger partial charge in [-0.05, 0) is 24.0 Å². The molecule has 0 saturated heterocycles. The molecule has 20 heavy (non-hydrogen) atoms. The van der Waals surface area contributed by atoms with E-state index in [1.807, 2.05) is 13.1 Å². The molecule has 0 aliphatic carbocycles. The predicted octanol–water partition coefficient (Wildman–Crippen LogP) is 2.92. The molecular weight excluding hydrogens is 255 g/mol. The molecule has 0 aliphatic heterocycles. The van der Waals surface area contributed by atoms with Crippen molar-refractivity contribution in [3.05, 3.63) is 41.3 Å². The minimum absolute atomic E-state index is 0.171. The third-order valence-electron chi connectivity index (χ3n) is 3.30. The van der Waals surface area contributed by atoms with Gasteiger partial charge in [-0.25, -0.2) is 4.39 Å². The molecule has 0 spiro atoms. The van der Waals surface area contributed by atoms with E-state index in [9.17, 15) is 4.39 Å². The molecule has 0 aliphatic rings. The van der Waals surface area contributed by atoms with E-state index in [4.69, 9.17) is 5.73 Å². The van der Waals surface area contributed by atoms with Gasteiger partial charge in [-0.3, -0.25) is 4.68 Å². The molecule has 0 amide bonds. The SMILES string of the molecule is CC(C)c1nn(C)c(NCCc2ccccc2F)c1N. The number of nitrogens with zero attached hydrogens (tertiary/aromatic N) is 2. The zero-order valence-corrected chi connectivity index (χ0v) is 12.2. The van der Waals surface area contributed by atoms with E-state index in [1.165, 1.54) is 6.07 Å². The predicted molar refractivity (Wildman–Crippen MR) is 80.3 cm³/mol. The van der Waals surface area contributed by atoms with Crippen LogP contribution in [0.4, 0.5) is 15.9 Å². The van der Waals surface area contributed by atoms with Crippen molar-refractivity contribution >= 4 is 11.5 Å². The van der Waals surface area contributed by atoms with Crippen LogP contribution in [0, 0.1) is 5.82 Å². The monoisotopic (exact) mass is 276 g/mol. The Labute approximate surface area is 118 Å². The zero-order valence-electron chi connectivity index (χ0n) is 12.2. The smallest absolute Gasteiger partial charge is 0.147 e. The van der Waals surface area contributed by atoms with Crippen LogP contribution < -0.4 is 11.1 Å². The third-order valence-corrected chi connectivity index (χ3v) is 3.30. The van der Waals surface area contributed by atoms with Crippen molar-refractivity contribution in [1.29, 1.82) is 0 Å².